The Balaban J connectivity index is 2.14. The number of halogens is 1. The number of carbonyl (C=O) groups is 1. The summed E-state index contributed by atoms with van der Waals surface area (Å²) in [6, 6.07) is 7.22. The summed E-state index contributed by atoms with van der Waals surface area (Å²) >= 11 is 6.03. The highest BCUT2D eigenvalue weighted by Crippen LogP contribution is 2.19. The van der Waals surface area contributed by atoms with Crippen LogP contribution in [0.2, 0.25) is 5.02 Å². The molecule has 16 heavy (non-hydrogen) atoms. The zero-order valence-electron chi connectivity index (χ0n) is 9.21. The number of rotatable bonds is 2. The van der Waals surface area contributed by atoms with Gasteiger partial charge in [0.25, 0.3) is 0 Å². The Morgan fingerprint density at radius 1 is 1.25 bits per heavy atom. The van der Waals surface area contributed by atoms with Gasteiger partial charge in [-0.05, 0) is 31.5 Å². The maximum atomic E-state index is 12.2. The van der Waals surface area contributed by atoms with Crippen LogP contribution >= 0.6 is 11.6 Å². The lowest BCUT2D eigenvalue weighted by molar-refractivity contribution is 0.0941. The molecule has 0 amide bonds. The van der Waals surface area contributed by atoms with Crippen LogP contribution in [0, 0.1) is 0 Å². The van der Waals surface area contributed by atoms with E-state index < -0.39 is 0 Å². The van der Waals surface area contributed by atoms with Crippen LogP contribution in [-0.4, -0.2) is 18.4 Å². The first-order valence-electron chi connectivity index (χ1n) is 5.81. The van der Waals surface area contributed by atoms with Crippen LogP contribution in [0.4, 0.5) is 0 Å². The van der Waals surface area contributed by atoms with Crippen molar-refractivity contribution in [3.63, 3.8) is 0 Å². The van der Waals surface area contributed by atoms with Crippen LogP contribution < -0.4 is 5.32 Å². The third-order valence-electron chi connectivity index (χ3n) is 3.02. The molecule has 2 nitrogen and oxygen atoms in total. The van der Waals surface area contributed by atoms with E-state index in [4.69, 9.17) is 11.6 Å². The van der Waals surface area contributed by atoms with Gasteiger partial charge in [0.05, 0.1) is 11.1 Å². The fourth-order valence-corrected chi connectivity index (χ4v) is 2.33. The second-order valence-corrected chi connectivity index (χ2v) is 4.61. The smallest absolute Gasteiger partial charge is 0.181 e. The molecule has 1 N–H and O–H groups in total. The largest absolute Gasteiger partial charge is 0.307 e. The summed E-state index contributed by atoms with van der Waals surface area (Å²) in [7, 11) is 0. The van der Waals surface area contributed by atoms with Gasteiger partial charge in [-0.1, -0.05) is 36.6 Å². The van der Waals surface area contributed by atoms with Gasteiger partial charge in [0.1, 0.15) is 0 Å². The monoisotopic (exact) mass is 237 g/mol. The van der Waals surface area contributed by atoms with Gasteiger partial charge in [0, 0.05) is 5.56 Å². The third-order valence-corrected chi connectivity index (χ3v) is 3.35. The fourth-order valence-electron chi connectivity index (χ4n) is 2.10. The average molecular weight is 238 g/mol. The quantitative estimate of drug-likeness (QED) is 0.801. The van der Waals surface area contributed by atoms with Gasteiger partial charge in [-0.15, -0.1) is 0 Å². The van der Waals surface area contributed by atoms with Crippen LogP contribution in [0.1, 0.15) is 36.0 Å². The van der Waals surface area contributed by atoms with E-state index in [2.05, 4.69) is 5.32 Å². The van der Waals surface area contributed by atoms with Crippen LogP contribution in [0.25, 0.3) is 0 Å². The SMILES string of the molecule is O=C(c1ccccc1Cl)C1CCCCCN1. The highest BCUT2D eigenvalue weighted by atomic mass is 35.5. The van der Waals surface area contributed by atoms with Crippen molar-refractivity contribution in [3.05, 3.63) is 34.9 Å². The molecular weight excluding hydrogens is 222 g/mol. The Morgan fingerprint density at radius 2 is 2.06 bits per heavy atom. The van der Waals surface area contributed by atoms with Crippen molar-refractivity contribution >= 4 is 17.4 Å². The number of carbonyl (C=O) groups excluding carboxylic acids is 1. The Kier molecular flexibility index (Phi) is 3.97. The molecule has 0 aliphatic carbocycles. The Hall–Kier alpha value is -0.860. The van der Waals surface area contributed by atoms with Crippen molar-refractivity contribution in [2.45, 2.75) is 31.7 Å². The molecule has 86 valence electrons. The Bertz CT molecular complexity index is 370. The van der Waals surface area contributed by atoms with Crippen LogP contribution in [0.15, 0.2) is 24.3 Å². The molecule has 1 aromatic rings. The van der Waals surface area contributed by atoms with Crippen molar-refractivity contribution in [3.8, 4) is 0 Å². The van der Waals surface area contributed by atoms with Gasteiger partial charge < -0.3 is 5.32 Å². The van der Waals surface area contributed by atoms with Gasteiger partial charge in [-0.3, -0.25) is 4.79 Å². The number of hydrogen-bond donors (Lipinski definition) is 1. The Labute approximate surface area is 101 Å². The molecule has 0 radical (unpaired) electrons. The van der Waals surface area contributed by atoms with E-state index in [1.807, 2.05) is 12.1 Å². The summed E-state index contributed by atoms with van der Waals surface area (Å²) in [4.78, 5) is 12.2. The second-order valence-electron chi connectivity index (χ2n) is 4.20. The van der Waals surface area contributed by atoms with Crippen molar-refractivity contribution in [2.75, 3.05) is 6.54 Å². The minimum Gasteiger partial charge on any atom is -0.307 e. The Morgan fingerprint density at radius 3 is 2.88 bits per heavy atom. The molecule has 1 fully saturated rings. The summed E-state index contributed by atoms with van der Waals surface area (Å²) in [6.45, 7) is 0.931. The maximum absolute atomic E-state index is 12.2. The molecule has 1 aromatic carbocycles. The molecule has 0 bridgehead atoms. The third kappa shape index (κ3) is 2.63. The molecule has 1 atom stereocenters. The van der Waals surface area contributed by atoms with Crippen LogP contribution in [0.3, 0.4) is 0 Å². The zero-order chi connectivity index (χ0) is 11.4. The van der Waals surface area contributed by atoms with Gasteiger partial charge in [-0.2, -0.15) is 0 Å². The predicted octanol–water partition coefficient (Wildman–Crippen LogP) is 3.05. The average Bonchev–Trinajstić information content (AvgIpc) is 2.57. The summed E-state index contributed by atoms with van der Waals surface area (Å²) in [6.07, 6.45) is 4.41. The van der Waals surface area contributed by atoms with Crippen molar-refractivity contribution < 1.29 is 4.79 Å². The zero-order valence-corrected chi connectivity index (χ0v) is 9.96. The molecule has 1 aliphatic heterocycles. The predicted molar refractivity (Wildman–Crippen MR) is 66.0 cm³/mol. The van der Waals surface area contributed by atoms with E-state index in [9.17, 15) is 4.79 Å². The highest BCUT2D eigenvalue weighted by molar-refractivity contribution is 6.34. The highest BCUT2D eigenvalue weighted by Gasteiger charge is 2.22. The second kappa shape index (κ2) is 5.46. The molecule has 2 rings (SSSR count). The van der Waals surface area contributed by atoms with E-state index in [1.54, 1.807) is 12.1 Å². The molecule has 0 saturated carbocycles. The fraction of sp³-hybridized carbons (Fsp3) is 0.462. The van der Waals surface area contributed by atoms with E-state index in [0.717, 1.165) is 25.8 Å². The lowest BCUT2D eigenvalue weighted by Gasteiger charge is -2.15. The van der Waals surface area contributed by atoms with E-state index in [1.165, 1.54) is 6.42 Å². The lowest BCUT2D eigenvalue weighted by atomic mass is 10.0. The first kappa shape index (κ1) is 11.6. The van der Waals surface area contributed by atoms with E-state index in [-0.39, 0.29) is 11.8 Å². The van der Waals surface area contributed by atoms with Gasteiger partial charge in [0.15, 0.2) is 5.78 Å². The van der Waals surface area contributed by atoms with Gasteiger partial charge >= 0.3 is 0 Å². The minimum absolute atomic E-state index is 0.0533. The van der Waals surface area contributed by atoms with Crippen molar-refractivity contribution in [2.24, 2.45) is 0 Å². The number of ketones is 1. The topological polar surface area (TPSA) is 29.1 Å². The number of Topliss-reactive ketones (excluding diaryl/α,β-unsaturated/α-hetero) is 1. The number of nitrogens with one attached hydrogen (secondary N) is 1. The normalized spacial score (nSPS) is 21.4. The van der Waals surface area contributed by atoms with E-state index in [0.29, 0.717) is 10.6 Å². The lowest BCUT2D eigenvalue weighted by Crippen LogP contribution is -2.36. The first-order valence-corrected chi connectivity index (χ1v) is 6.19. The molecule has 0 spiro atoms. The van der Waals surface area contributed by atoms with Crippen LogP contribution in [-0.2, 0) is 0 Å². The van der Waals surface area contributed by atoms with E-state index >= 15 is 0 Å². The van der Waals surface area contributed by atoms with Crippen molar-refractivity contribution in [1.29, 1.82) is 0 Å². The maximum Gasteiger partial charge on any atom is 0.181 e. The van der Waals surface area contributed by atoms with Crippen LogP contribution in [0.5, 0.6) is 0 Å². The van der Waals surface area contributed by atoms with Gasteiger partial charge in [-0.25, -0.2) is 0 Å². The van der Waals surface area contributed by atoms with Gasteiger partial charge in [0.2, 0.25) is 0 Å². The molecule has 1 aliphatic rings. The first-order chi connectivity index (χ1) is 7.79. The summed E-state index contributed by atoms with van der Waals surface area (Å²) in [5.41, 5.74) is 0.642. The van der Waals surface area contributed by atoms with Crippen molar-refractivity contribution in [1.82, 2.24) is 5.32 Å². The standard InChI is InChI=1S/C13H16ClNO/c14-11-7-4-3-6-10(11)13(16)12-8-2-1-5-9-15-12/h3-4,6-7,12,15H,1-2,5,8-9H2. The molecule has 1 saturated heterocycles. The number of hydrogen-bond acceptors (Lipinski definition) is 2. The summed E-state index contributed by atoms with van der Waals surface area (Å²) in [5.74, 6) is 0.132. The summed E-state index contributed by atoms with van der Waals surface area (Å²) in [5, 5.41) is 3.85. The molecule has 3 heteroatoms. The summed E-state index contributed by atoms with van der Waals surface area (Å²) < 4.78 is 0. The molecule has 1 heterocycles. The molecule has 0 aromatic heterocycles. The molecule has 1 unspecified atom stereocenters. The molecular formula is C13H16ClNO. The number of benzene rings is 1. The minimum atomic E-state index is -0.0533.